The fraction of sp³-hybridized carbons (Fsp3) is 0.211. The van der Waals surface area contributed by atoms with Crippen LogP contribution in [0.3, 0.4) is 0 Å². The molecular weight excluding hydrogens is 294 g/mol. The lowest BCUT2D eigenvalue weighted by Crippen LogP contribution is -2.24. The number of halogens is 1. The van der Waals surface area contributed by atoms with Crippen molar-refractivity contribution >= 4 is 17.5 Å². The standard InChI is InChI=1S/C19H18ClNO/c1-14-5-3-7-17(15(14)2)9-10-19(22)21-12-11-16-6-4-8-18(20)13-16/h3-8,13H,11-12H2,1-2H3,(H,21,22). The first kappa shape index (κ1) is 16.1. The molecule has 0 aromatic heterocycles. The first-order valence-electron chi connectivity index (χ1n) is 7.17. The number of hydrogen-bond acceptors (Lipinski definition) is 1. The Morgan fingerprint density at radius 3 is 2.73 bits per heavy atom. The average Bonchev–Trinajstić information content (AvgIpc) is 2.49. The topological polar surface area (TPSA) is 29.1 Å². The molecule has 0 aliphatic carbocycles. The van der Waals surface area contributed by atoms with Crippen LogP contribution in [0.25, 0.3) is 0 Å². The van der Waals surface area contributed by atoms with Gasteiger partial charge in [-0.25, -0.2) is 0 Å². The van der Waals surface area contributed by atoms with Gasteiger partial charge < -0.3 is 5.32 Å². The second-order valence-corrected chi connectivity index (χ2v) is 5.57. The maximum Gasteiger partial charge on any atom is 0.296 e. The highest BCUT2D eigenvalue weighted by Crippen LogP contribution is 2.11. The van der Waals surface area contributed by atoms with Gasteiger partial charge in [0.25, 0.3) is 5.91 Å². The monoisotopic (exact) mass is 311 g/mol. The van der Waals surface area contributed by atoms with E-state index in [4.69, 9.17) is 11.6 Å². The van der Waals surface area contributed by atoms with Crippen molar-refractivity contribution in [3.8, 4) is 11.8 Å². The van der Waals surface area contributed by atoms with Crippen molar-refractivity contribution in [2.75, 3.05) is 6.54 Å². The van der Waals surface area contributed by atoms with Crippen LogP contribution in [0.1, 0.15) is 22.3 Å². The zero-order chi connectivity index (χ0) is 15.9. The maximum atomic E-state index is 11.8. The summed E-state index contributed by atoms with van der Waals surface area (Å²) in [6.07, 6.45) is 0.734. The summed E-state index contributed by atoms with van der Waals surface area (Å²) in [4.78, 5) is 11.8. The van der Waals surface area contributed by atoms with E-state index in [0.29, 0.717) is 11.6 Å². The molecule has 22 heavy (non-hydrogen) atoms. The molecule has 0 heterocycles. The van der Waals surface area contributed by atoms with Crippen molar-refractivity contribution in [2.24, 2.45) is 0 Å². The van der Waals surface area contributed by atoms with E-state index in [1.807, 2.05) is 56.3 Å². The van der Waals surface area contributed by atoms with Gasteiger partial charge in [0.2, 0.25) is 0 Å². The highest BCUT2D eigenvalue weighted by molar-refractivity contribution is 6.30. The molecule has 0 fully saturated rings. The second kappa shape index (κ2) is 7.68. The van der Waals surface area contributed by atoms with Crippen molar-refractivity contribution in [3.05, 3.63) is 69.7 Å². The van der Waals surface area contributed by atoms with E-state index >= 15 is 0 Å². The summed E-state index contributed by atoms with van der Waals surface area (Å²) in [7, 11) is 0. The molecule has 2 aromatic carbocycles. The van der Waals surface area contributed by atoms with Gasteiger partial charge in [-0.15, -0.1) is 0 Å². The highest BCUT2D eigenvalue weighted by atomic mass is 35.5. The van der Waals surface area contributed by atoms with Crippen LogP contribution in [-0.4, -0.2) is 12.5 Å². The molecule has 1 amide bonds. The summed E-state index contributed by atoms with van der Waals surface area (Å²) in [6.45, 7) is 4.59. The third-order valence-corrected chi connectivity index (χ3v) is 3.74. The number of nitrogens with one attached hydrogen (secondary N) is 1. The molecule has 2 rings (SSSR count). The predicted molar refractivity (Wildman–Crippen MR) is 91.0 cm³/mol. The van der Waals surface area contributed by atoms with Crippen LogP contribution in [-0.2, 0) is 11.2 Å². The molecule has 3 heteroatoms. The molecule has 112 valence electrons. The molecule has 1 N–H and O–H groups in total. The number of rotatable bonds is 3. The average molecular weight is 312 g/mol. The van der Waals surface area contributed by atoms with Crippen molar-refractivity contribution in [3.63, 3.8) is 0 Å². The largest absolute Gasteiger partial charge is 0.345 e. The van der Waals surface area contributed by atoms with Gasteiger partial charge >= 0.3 is 0 Å². The van der Waals surface area contributed by atoms with E-state index in [-0.39, 0.29) is 5.91 Å². The number of amides is 1. The van der Waals surface area contributed by atoms with Gasteiger partial charge in [-0.1, -0.05) is 41.8 Å². The van der Waals surface area contributed by atoms with Crippen LogP contribution in [0.4, 0.5) is 0 Å². The first-order valence-corrected chi connectivity index (χ1v) is 7.54. The normalized spacial score (nSPS) is 9.77. The zero-order valence-electron chi connectivity index (χ0n) is 12.7. The van der Waals surface area contributed by atoms with Gasteiger partial charge in [-0.05, 0) is 55.2 Å². The Bertz CT molecular complexity index is 741. The smallest absolute Gasteiger partial charge is 0.296 e. The van der Waals surface area contributed by atoms with E-state index < -0.39 is 0 Å². The fourth-order valence-corrected chi connectivity index (χ4v) is 2.28. The van der Waals surface area contributed by atoms with E-state index in [0.717, 1.165) is 23.1 Å². The Kier molecular flexibility index (Phi) is 5.63. The van der Waals surface area contributed by atoms with Crippen LogP contribution in [0, 0.1) is 25.7 Å². The Morgan fingerprint density at radius 2 is 1.95 bits per heavy atom. The van der Waals surface area contributed by atoms with Crippen LogP contribution in [0.2, 0.25) is 5.02 Å². The highest BCUT2D eigenvalue weighted by Gasteiger charge is 1.99. The van der Waals surface area contributed by atoms with Gasteiger partial charge in [0.15, 0.2) is 0 Å². The van der Waals surface area contributed by atoms with Gasteiger partial charge in [0.05, 0.1) is 0 Å². The van der Waals surface area contributed by atoms with Gasteiger partial charge in [0, 0.05) is 23.1 Å². The zero-order valence-corrected chi connectivity index (χ0v) is 13.5. The van der Waals surface area contributed by atoms with Gasteiger partial charge in [-0.2, -0.15) is 0 Å². The number of hydrogen-bond donors (Lipinski definition) is 1. The molecule has 0 atom stereocenters. The van der Waals surface area contributed by atoms with Crippen LogP contribution < -0.4 is 5.32 Å². The molecule has 0 bridgehead atoms. The SMILES string of the molecule is Cc1cccc(C#CC(=O)NCCc2cccc(Cl)c2)c1C. The summed E-state index contributed by atoms with van der Waals surface area (Å²) >= 11 is 5.92. The number of aryl methyl sites for hydroxylation is 1. The van der Waals surface area contributed by atoms with Crippen molar-refractivity contribution < 1.29 is 4.79 Å². The summed E-state index contributed by atoms with van der Waals surface area (Å²) in [5, 5.41) is 3.51. The van der Waals surface area contributed by atoms with E-state index in [1.54, 1.807) is 0 Å². The lowest BCUT2D eigenvalue weighted by molar-refractivity contribution is -0.115. The van der Waals surface area contributed by atoms with Crippen LogP contribution in [0.15, 0.2) is 42.5 Å². The fourth-order valence-electron chi connectivity index (χ4n) is 2.07. The Labute approximate surface area is 136 Å². The van der Waals surface area contributed by atoms with E-state index in [1.165, 1.54) is 5.56 Å². The molecule has 0 radical (unpaired) electrons. The molecule has 0 aliphatic heterocycles. The minimum Gasteiger partial charge on any atom is -0.345 e. The minimum atomic E-state index is -0.261. The van der Waals surface area contributed by atoms with Crippen molar-refractivity contribution in [1.82, 2.24) is 5.32 Å². The number of carbonyl (C=O) groups excluding carboxylic acids is 1. The van der Waals surface area contributed by atoms with Crippen LogP contribution in [0.5, 0.6) is 0 Å². The lowest BCUT2D eigenvalue weighted by Gasteiger charge is -2.03. The molecule has 2 aromatic rings. The molecular formula is C19H18ClNO. The van der Waals surface area contributed by atoms with Crippen LogP contribution >= 0.6 is 11.6 Å². The van der Waals surface area contributed by atoms with E-state index in [2.05, 4.69) is 17.2 Å². The summed E-state index contributed by atoms with van der Waals surface area (Å²) in [5.41, 5.74) is 4.27. The van der Waals surface area contributed by atoms with E-state index in [9.17, 15) is 4.79 Å². The minimum absolute atomic E-state index is 0.261. The Hall–Kier alpha value is -2.24. The second-order valence-electron chi connectivity index (χ2n) is 5.13. The molecule has 0 saturated heterocycles. The summed E-state index contributed by atoms with van der Waals surface area (Å²) < 4.78 is 0. The molecule has 0 saturated carbocycles. The Morgan fingerprint density at radius 1 is 1.18 bits per heavy atom. The number of benzene rings is 2. The third kappa shape index (κ3) is 4.65. The lowest BCUT2D eigenvalue weighted by atomic mass is 10.0. The molecule has 0 unspecified atom stereocenters. The quantitative estimate of drug-likeness (QED) is 0.861. The van der Waals surface area contributed by atoms with Gasteiger partial charge in [-0.3, -0.25) is 4.79 Å². The Balaban J connectivity index is 1.89. The predicted octanol–water partition coefficient (Wildman–Crippen LogP) is 3.67. The summed E-state index contributed by atoms with van der Waals surface area (Å²) in [5.74, 6) is 5.31. The first-order chi connectivity index (χ1) is 10.6. The third-order valence-electron chi connectivity index (χ3n) is 3.50. The summed E-state index contributed by atoms with van der Waals surface area (Å²) in [6, 6.07) is 13.5. The molecule has 2 nitrogen and oxygen atoms in total. The molecule has 0 aliphatic rings. The maximum absolute atomic E-state index is 11.8. The number of carbonyl (C=O) groups is 1. The van der Waals surface area contributed by atoms with Crippen molar-refractivity contribution in [2.45, 2.75) is 20.3 Å². The van der Waals surface area contributed by atoms with Crippen molar-refractivity contribution in [1.29, 1.82) is 0 Å². The van der Waals surface area contributed by atoms with Gasteiger partial charge in [0.1, 0.15) is 0 Å². The molecule has 0 spiro atoms.